The molecule has 1 spiro atoms. The molecule has 3 heterocycles. The van der Waals surface area contributed by atoms with E-state index in [1.165, 1.54) is 0 Å². The lowest BCUT2D eigenvalue weighted by Gasteiger charge is -2.35. The van der Waals surface area contributed by atoms with E-state index in [0.717, 1.165) is 16.2 Å². The maximum Gasteiger partial charge on any atom is 0.310 e. The minimum absolute atomic E-state index is 0.00661. The number of amides is 2. The fourth-order valence-electron chi connectivity index (χ4n) is 5.47. The van der Waals surface area contributed by atoms with Crippen LogP contribution in [-0.2, 0) is 37.1 Å². The topological polar surface area (TPSA) is 106 Å². The Labute approximate surface area is 214 Å². The molecule has 5 rings (SSSR count). The summed E-state index contributed by atoms with van der Waals surface area (Å²) in [5.41, 5.74) is 0.215. The van der Waals surface area contributed by atoms with Crippen LogP contribution in [0.2, 0.25) is 0 Å². The van der Waals surface area contributed by atoms with E-state index in [-0.39, 0.29) is 19.7 Å². The second-order valence-corrected chi connectivity index (χ2v) is 9.32. The quantitative estimate of drug-likeness (QED) is 0.496. The summed E-state index contributed by atoms with van der Waals surface area (Å²) in [5.74, 6) is -3.65. The van der Waals surface area contributed by atoms with Crippen LogP contribution >= 0.6 is 0 Å². The van der Waals surface area contributed by atoms with Crippen LogP contribution in [0, 0.1) is 11.8 Å². The SMILES string of the molecule is C=CCN(Cc1ccccc1)C(=O)[C@H]1N(OCc2ccc(OC)cc2)C(=O)[C@@H]2[C@@H](C(=O)O)[C@H]3C=C[C@]21O3. The third-order valence-corrected chi connectivity index (χ3v) is 7.16. The number of nitrogens with zero attached hydrogens (tertiary/aromatic N) is 2. The maximum atomic E-state index is 14.1. The molecule has 192 valence electrons. The van der Waals surface area contributed by atoms with Crippen LogP contribution in [0.4, 0.5) is 0 Å². The molecule has 2 aromatic rings. The van der Waals surface area contributed by atoms with Crippen molar-refractivity contribution in [3.05, 3.63) is 90.5 Å². The second kappa shape index (κ2) is 9.84. The number of carboxylic acids is 1. The lowest BCUT2D eigenvalue weighted by Crippen LogP contribution is -2.55. The molecule has 2 aromatic carbocycles. The number of hydrogen-bond acceptors (Lipinski definition) is 6. The smallest absolute Gasteiger partial charge is 0.310 e. The van der Waals surface area contributed by atoms with Gasteiger partial charge in [-0.2, -0.15) is 0 Å². The Bertz CT molecular complexity index is 1230. The van der Waals surface area contributed by atoms with Gasteiger partial charge in [-0.05, 0) is 23.3 Å². The van der Waals surface area contributed by atoms with Crippen LogP contribution in [0.25, 0.3) is 0 Å². The molecule has 2 bridgehead atoms. The van der Waals surface area contributed by atoms with Crippen LogP contribution in [0.1, 0.15) is 11.1 Å². The van der Waals surface area contributed by atoms with Crippen molar-refractivity contribution in [2.75, 3.05) is 13.7 Å². The lowest BCUT2D eigenvalue weighted by molar-refractivity contribution is -0.210. The predicted octanol–water partition coefficient (Wildman–Crippen LogP) is 2.58. The number of aliphatic carboxylic acids is 1. The number of fused-ring (bicyclic) bond motifs is 1. The Kier molecular flexibility index (Phi) is 6.57. The van der Waals surface area contributed by atoms with Crippen LogP contribution in [0.3, 0.4) is 0 Å². The van der Waals surface area contributed by atoms with E-state index >= 15 is 0 Å². The van der Waals surface area contributed by atoms with E-state index in [4.69, 9.17) is 14.3 Å². The van der Waals surface area contributed by atoms with E-state index in [9.17, 15) is 19.5 Å². The van der Waals surface area contributed by atoms with E-state index in [0.29, 0.717) is 5.75 Å². The van der Waals surface area contributed by atoms with E-state index in [1.807, 2.05) is 30.3 Å². The molecule has 0 saturated carbocycles. The Hall–Kier alpha value is -3.95. The van der Waals surface area contributed by atoms with Gasteiger partial charge in [0.1, 0.15) is 23.9 Å². The van der Waals surface area contributed by atoms with Gasteiger partial charge < -0.3 is 19.5 Å². The van der Waals surface area contributed by atoms with Crippen molar-refractivity contribution in [3.63, 3.8) is 0 Å². The van der Waals surface area contributed by atoms with Crippen molar-refractivity contribution in [1.82, 2.24) is 9.96 Å². The van der Waals surface area contributed by atoms with Crippen LogP contribution in [-0.4, -0.2) is 64.3 Å². The highest BCUT2D eigenvalue weighted by atomic mass is 16.7. The number of carbonyl (C=O) groups excluding carboxylic acids is 2. The van der Waals surface area contributed by atoms with Gasteiger partial charge in [0.15, 0.2) is 6.04 Å². The maximum absolute atomic E-state index is 14.1. The third-order valence-electron chi connectivity index (χ3n) is 7.16. The molecule has 2 saturated heterocycles. The van der Waals surface area contributed by atoms with Crippen molar-refractivity contribution in [1.29, 1.82) is 0 Å². The van der Waals surface area contributed by atoms with Crippen molar-refractivity contribution in [3.8, 4) is 5.75 Å². The largest absolute Gasteiger partial charge is 0.497 e. The molecule has 3 aliphatic heterocycles. The minimum atomic E-state index is -1.43. The summed E-state index contributed by atoms with van der Waals surface area (Å²) in [6.45, 7) is 4.28. The summed E-state index contributed by atoms with van der Waals surface area (Å²) >= 11 is 0. The summed E-state index contributed by atoms with van der Waals surface area (Å²) in [7, 11) is 1.56. The number of hydrogen-bond donors (Lipinski definition) is 1. The van der Waals surface area contributed by atoms with Crippen molar-refractivity contribution < 1.29 is 33.8 Å². The number of carbonyl (C=O) groups is 3. The zero-order valence-corrected chi connectivity index (χ0v) is 20.4. The molecular formula is C28H28N2O7. The summed E-state index contributed by atoms with van der Waals surface area (Å²) < 4.78 is 11.3. The van der Waals surface area contributed by atoms with E-state index in [1.54, 1.807) is 54.5 Å². The number of ether oxygens (including phenoxy) is 2. The zero-order valence-electron chi connectivity index (χ0n) is 20.4. The molecule has 5 atom stereocenters. The van der Waals surface area contributed by atoms with Crippen LogP contribution in [0.15, 0.2) is 79.4 Å². The van der Waals surface area contributed by atoms with Gasteiger partial charge in [-0.1, -0.05) is 60.7 Å². The first-order valence-corrected chi connectivity index (χ1v) is 12.0. The normalized spacial score (nSPS) is 27.3. The number of rotatable bonds is 10. The molecule has 0 radical (unpaired) electrons. The van der Waals surface area contributed by atoms with Gasteiger partial charge in [0, 0.05) is 13.1 Å². The average Bonchev–Trinajstić information content (AvgIpc) is 3.55. The molecule has 0 unspecified atom stereocenters. The molecular weight excluding hydrogens is 476 g/mol. The first kappa shape index (κ1) is 24.7. The highest BCUT2D eigenvalue weighted by molar-refractivity contribution is 5.98. The average molecular weight is 505 g/mol. The van der Waals surface area contributed by atoms with Gasteiger partial charge in [-0.3, -0.25) is 19.2 Å². The van der Waals surface area contributed by atoms with Gasteiger partial charge in [0.2, 0.25) is 0 Å². The van der Waals surface area contributed by atoms with Crippen molar-refractivity contribution in [2.45, 2.75) is 30.9 Å². The Balaban J connectivity index is 1.48. The molecule has 3 aliphatic rings. The second-order valence-electron chi connectivity index (χ2n) is 9.32. The van der Waals surface area contributed by atoms with Crippen molar-refractivity contribution in [2.24, 2.45) is 11.8 Å². The summed E-state index contributed by atoms with van der Waals surface area (Å²) in [4.78, 5) is 47.5. The van der Waals surface area contributed by atoms with Gasteiger partial charge in [0.25, 0.3) is 11.8 Å². The monoisotopic (exact) mass is 504 g/mol. The minimum Gasteiger partial charge on any atom is -0.497 e. The molecule has 9 nitrogen and oxygen atoms in total. The Morgan fingerprint density at radius 2 is 1.89 bits per heavy atom. The predicted molar refractivity (Wildman–Crippen MR) is 132 cm³/mol. The standard InChI is InChI=1S/C28H28N2O7/c1-3-15-29(16-18-7-5-4-6-8-18)26(32)24-28-14-13-21(37-28)22(27(33)34)23(28)25(31)30(24)36-17-19-9-11-20(35-2)12-10-19/h3-14,21-24H,1,15-17H2,2H3,(H,33,34)/t21-,22+,23+,24-,28+/m1/s1. The number of benzene rings is 2. The van der Waals surface area contributed by atoms with Crippen LogP contribution in [0.5, 0.6) is 5.75 Å². The molecule has 2 fully saturated rings. The summed E-state index contributed by atoms with van der Waals surface area (Å²) in [5, 5.41) is 10.9. The number of carboxylic acid groups (broad SMARTS) is 1. The summed E-state index contributed by atoms with van der Waals surface area (Å²) in [6, 6.07) is 15.4. The molecule has 0 aliphatic carbocycles. The molecule has 37 heavy (non-hydrogen) atoms. The first-order valence-electron chi connectivity index (χ1n) is 12.0. The van der Waals surface area contributed by atoms with Crippen molar-refractivity contribution >= 4 is 17.8 Å². The number of hydroxylamine groups is 2. The molecule has 1 N–H and O–H groups in total. The Morgan fingerprint density at radius 1 is 1.16 bits per heavy atom. The fraction of sp³-hybridized carbons (Fsp3) is 0.321. The first-order chi connectivity index (χ1) is 17.9. The number of methoxy groups -OCH3 is 1. The molecule has 2 amide bonds. The highest BCUT2D eigenvalue weighted by Crippen LogP contribution is 2.55. The fourth-order valence-corrected chi connectivity index (χ4v) is 5.47. The third kappa shape index (κ3) is 4.20. The van der Waals surface area contributed by atoms with Gasteiger partial charge in [-0.15, -0.1) is 6.58 Å². The molecule has 9 heteroatoms. The van der Waals surface area contributed by atoms with Gasteiger partial charge in [-0.25, -0.2) is 5.06 Å². The zero-order chi connectivity index (χ0) is 26.2. The lowest BCUT2D eigenvalue weighted by atomic mass is 9.74. The Morgan fingerprint density at radius 3 is 2.54 bits per heavy atom. The summed E-state index contributed by atoms with van der Waals surface area (Å²) in [6.07, 6.45) is 4.11. The molecule has 0 aromatic heterocycles. The van der Waals surface area contributed by atoms with Crippen LogP contribution < -0.4 is 4.74 Å². The highest BCUT2D eigenvalue weighted by Gasteiger charge is 2.74. The van der Waals surface area contributed by atoms with Gasteiger partial charge in [0.05, 0.1) is 19.1 Å². The van der Waals surface area contributed by atoms with E-state index < -0.39 is 47.4 Å². The van der Waals surface area contributed by atoms with E-state index in [2.05, 4.69) is 6.58 Å². The van der Waals surface area contributed by atoms with Gasteiger partial charge >= 0.3 is 5.97 Å².